The maximum absolute atomic E-state index is 4.94. The summed E-state index contributed by atoms with van der Waals surface area (Å²) in [6, 6.07) is 24.0. The normalized spacial score (nSPS) is 12.1. The van der Waals surface area contributed by atoms with Crippen molar-refractivity contribution in [1.29, 1.82) is 0 Å². The Hall–Kier alpha value is -3.13. The molecule has 0 saturated carbocycles. The van der Waals surface area contributed by atoms with Gasteiger partial charge in [-0.15, -0.1) is 0 Å². The van der Waals surface area contributed by atoms with Crippen molar-refractivity contribution in [2.24, 2.45) is 0 Å². The third-order valence-corrected chi connectivity index (χ3v) is 5.99. The Morgan fingerprint density at radius 2 is 1.24 bits per heavy atom. The predicted octanol–water partition coefficient (Wildman–Crippen LogP) is 7.55. The number of imidazole rings is 1. The second-order valence-electron chi connectivity index (χ2n) is 8.49. The summed E-state index contributed by atoms with van der Waals surface area (Å²) in [5.74, 6) is 0.891. The molecule has 0 aliphatic rings. The molecule has 0 saturated heterocycles. The van der Waals surface area contributed by atoms with Gasteiger partial charge in [-0.3, -0.25) is 4.40 Å². The van der Waals surface area contributed by atoms with Crippen molar-refractivity contribution in [3.8, 4) is 11.3 Å². The zero-order valence-corrected chi connectivity index (χ0v) is 17.5. The Kier molecular flexibility index (Phi) is 4.16. The molecule has 0 unspecified atom stereocenters. The van der Waals surface area contributed by atoms with Crippen molar-refractivity contribution < 1.29 is 0 Å². The SMILES string of the molecule is CC(C)c1cccc(C(C)C)c1-c1cnc2c3ccccc3c3ccccc3n12. The minimum absolute atomic E-state index is 0.445. The zero-order valence-electron chi connectivity index (χ0n) is 17.5. The molecule has 3 aromatic carbocycles. The summed E-state index contributed by atoms with van der Waals surface area (Å²) in [4.78, 5) is 4.94. The molecule has 0 radical (unpaired) electrons. The molecule has 29 heavy (non-hydrogen) atoms. The Morgan fingerprint density at radius 1 is 0.655 bits per heavy atom. The van der Waals surface area contributed by atoms with Crippen molar-refractivity contribution in [2.45, 2.75) is 39.5 Å². The van der Waals surface area contributed by atoms with Crippen LogP contribution in [0.5, 0.6) is 0 Å². The second kappa shape index (κ2) is 6.73. The van der Waals surface area contributed by atoms with Gasteiger partial charge >= 0.3 is 0 Å². The first-order valence-corrected chi connectivity index (χ1v) is 10.5. The highest BCUT2D eigenvalue weighted by molar-refractivity contribution is 6.12. The van der Waals surface area contributed by atoms with E-state index in [9.17, 15) is 0 Å². The molecule has 0 fully saturated rings. The van der Waals surface area contributed by atoms with Gasteiger partial charge in [0.2, 0.25) is 0 Å². The largest absolute Gasteiger partial charge is 0.292 e. The Bertz CT molecular complexity index is 1330. The highest BCUT2D eigenvalue weighted by Gasteiger charge is 2.20. The molecule has 0 atom stereocenters. The summed E-state index contributed by atoms with van der Waals surface area (Å²) in [7, 11) is 0. The molecular weight excluding hydrogens is 352 g/mol. The molecule has 2 heteroatoms. The highest BCUT2D eigenvalue weighted by atomic mass is 15.0. The molecule has 2 aromatic heterocycles. The van der Waals surface area contributed by atoms with E-state index in [0.29, 0.717) is 11.8 Å². The summed E-state index contributed by atoms with van der Waals surface area (Å²) >= 11 is 0. The Labute approximate surface area is 171 Å². The number of hydrogen-bond acceptors (Lipinski definition) is 1. The first-order valence-electron chi connectivity index (χ1n) is 10.5. The summed E-state index contributed by atoms with van der Waals surface area (Å²) in [6.45, 7) is 9.11. The fourth-order valence-electron chi connectivity index (χ4n) is 4.62. The van der Waals surface area contributed by atoms with Gasteiger partial charge in [-0.25, -0.2) is 4.98 Å². The van der Waals surface area contributed by atoms with Crippen molar-refractivity contribution in [3.05, 3.63) is 84.1 Å². The van der Waals surface area contributed by atoms with E-state index in [4.69, 9.17) is 4.98 Å². The number of nitrogens with zero attached hydrogens (tertiary/aromatic N) is 2. The molecule has 0 N–H and O–H groups in total. The molecule has 2 nitrogen and oxygen atoms in total. The fraction of sp³-hybridized carbons (Fsp3) is 0.222. The van der Waals surface area contributed by atoms with Crippen molar-refractivity contribution in [1.82, 2.24) is 9.38 Å². The maximum Gasteiger partial charge on any atom is 0.145 e. The third-order valence-electron chi connectivity index (χ3n) is 5.99. The van der Waals surface area contributed by atoms with Crippen LogP contribution in [-0.4, -0.2) is 9.38 Å². The van der Waals surface area contributed by atoms with Crippen LogP contribution in [0.1, 0.15) is 50.7 Å². The van der Waals surface area contributed by atoms with Crippen molar-refractivity contribution in [3.63, 3.8) is 0 Å². The summed E-state index contributed by atoms with van der Waals surface area (Å²) in [6.07, 6.45) is 2.07. The van der Waals surface area contributed by atoms with E-state index in [1.807, 2.05) is 0 Å². The van der Waals surface area contributed by atoms with Gasteiger partial charge < -0.3 is 0 Å². The summed E-state index contributed by atoms with van der Waals surface area (Å²) in [5.41, 5.74) is 7.54. The highest BCUT2D eigenvalue weighted by Crippen LogP contribution is 2.39. The Morgan fingerprint density at radius 3 is 1.90 bits per heavy atom. The molecule has 5 aromatic rings. The maximum atomic E-state index is 4.94. The number of aromatic nitrogens is 2. The van der Waals surface area contributed by atoms with E-state index in [1.54, 1.807) is 0 Å². The minimum atomic E-state index is 0.445. The first-order chi connectivity index (χ1) is 14.1. The van der Waals surface area contributed by atoms with Gasteiger partial charge in [0.25, 0.3) is 0 Å². The molecule has 0 aliphatic carbocycles. The number of rotatable bonds is 3. The van der Waals surface area contributed by atoms with Crippen LogP contribution in [0.4, 0.5) is 0 Å². The number of pyridine rings is 1. The summed E-state index contributed by atoms with van der Waals surface area (Å²) < 4.78 is 2.37. The number of hydrogen-bond donors (Lipinski definition) is 0. The topological polar surface area (TPSA) is 17.3 Å². The standard InChI is InChI=1S/C27H26N2/c1-17(2)19-13-9-14-20(18(3)4)26(19)25-16-28-27-23-12-6-5-10-21(23)22-11-7-8-15-24(22)29(25)27/h5-18H,1-4H3. The molecule has 144 valence electrons. The molecule has 5 rings (SSSR count). The van der Waals surface area contributed by atoms with E-state index >= 15 is 0 Å². The van der Waals surface area contributed by atoms with Gasteiger partial charge in [-0.1, -0.05) is 88.4 Å². The molecule has 0 bridgehead atoms. The van der Waals surface area contributed by atoms with E-state index < -0.39 is 0 Å². The summed E-state index contributed by atoms with van der Waals surface area (Å²) in [5, 5.41) is 3.72. The second-order valence-corrected chi connectivity index (χ2v) is 8.49. The lowest BCUT2D eigenvalue weighted by Gasteiger charge is -2.20. The van der Waals surface area contributed by atoms with Gasteiger partial charge in [-0.05, 0) is 34.4 Å². The average Bonchev–Trinajstić information content (AvgIpc) is 3.18. The first kappa shape index (κ1) is 17.9. The lowest BCUT2D eigenvalue weighted by molar-refractivity contribution is 0.836. The quantitative estimate of drug-likeness (QED) is 0.296. The molecular formula is C27H26N2. The predicted molar refractivity (Wildman–Crippen MR) is 124 cm³/mol. The van der Waals surface area contributed by atoms with Gasteiger partial charge in [0, 0.05) is 16.3 Å². The van der Waals surface area contributed by atoms with Crippen LogP contribution >= 0.6 is 0 Å². The van der Waals surface area contributed by atoms with E-state index in [0.717, 1.165) is 5.65 Å². The minimum Gasteiger partial charge on any atom is -0.292 e. The number of para-hydroxylation sites is 1. The van der Waals surface area contributed by atoms with E-state index in [1.165, 1.54) is 44.1 Å². The van der Waals surface area contributed by atoms with Gasteiger partial charge in [-0.2, -0.15) is 0 Å². The van der Waals surface area contributed by atoms with Gasteiger partial charge in [0.1, 0.15) is 5.65 Å². The lowest BCUT2D eigenvalue weighted by atomic mass is 9.87. The number of benzene rings is 3. The molecule has 0 aliphatic heterocycles. The molecule has 0 amide bonds. The monoisotopic (exact) mass is 378 g/mol. The fourth-order valence-corrected chi connectivity index (χ4v) is 4.62. The van der Waals surface area contributed by atoms with Crippen LogP contribution in [0, 0.1) is 0 Å². The average molecular weight is 379 g/mol. The van der Waals surface area contributed by atoms with Crippen molar-refractivity contribution >= 4 is 27.3 Å². The lowest BCUT2D eigenvalue weighted by Crippen LogP contribution is -2.02. The van der Waals surface area contributed by atoms with Crippen LogP contribution in [0.2, 0.25) is 0 Å². The van der Waals surface area contributed by atoms with E-state index in [-0.39, 0.29) is 0 Å². The molecule has 0 spiro atoms. The van der Waals surface area contributed by atoms with Gasteiger partial charge in [0.05, 0.1) is 17.4 Å². The Balaban J connectivity index is 2.00. The van der Waals surface area contributed by atoms with Gasteiger partial charge in [0.15, 0.2) is 0 Å². The third kappa shape index (κ3) is 2.66. The zero-order chi connectivity index (χ0) is 20.1. The molecule has 2 heterocycles. The number of fused-ring (bicyclic) bond motifs is 6. The smallest absolute Gasteiger partial charge is 0.145 e. The van der Waals surface area contributed by atoms with Crippen LogP contribution < -0.4 is 0 Å². The van der Waals surface area contributed by atoms with E-state index in [2.05, 4.69) is 105 Å². The van der Waals surface area contributed by atoms with Crippen LogP contribution in [-0.2, 0) is 0 Å². The van der Waals surface area contributed by atoms with Crippen LogP contribution in [0.15, 0.2) is 72.9 Å². The van der Waals surface area contributed by atoms with Crippen LogP contribution in [0.3, 0.4) is 0 Å². The van der Waals surface area contributed by atoms with Crippen LogP contribution in [0.25, 0.3) is 38.6 Å². The van der Waals surface area contributed by atoms with Crippen molar-refractivity contribution in [2.75, 3.05) is 0 Å².